The zero-order chi connectivity index (χ0) is 27.4. The Morgan fingerprint density at radius 2 is 1.87 bits per heavy atom. The van der Waals surface area contributed by atoms with Gasteiger partial charge in [0.2, 0.25) is 11.8 Å². The van der Waals surface area contributed by atoms with Crippen LogP contribution in [0, 0.1) is 0 Å². The summed E-state index contributed by atoms with van der Waals surface area (Å²) in [6.07, 6.45) is 1.17. The molecule has 5 rings (SSSR count). The van der Waals surface area contributed by atoms with Gasteiger partial charge in [-0.15, -0.1) is 0 Å². The molecule has 2 unspecified atom stereocenters. The summed E-state index contributed by atoms with van der Waals surface area (Å²) in [5, 5.41) is 5.70. The van der Waals surface area contributed by atoms with Gasteiger partial charge in [-0.25, -0.2) is 4.79 Å². The molecular formula is C28H32N4O7. The second kappa shape index (κ2) is 11.8. The minimum absolute atomic E-state index is 0.126. The Kier molecular flexibility index (Phi) is 8.08. The Morgan fingerprint density at radius 1 is 1.08 bits per heavy atom. The third-order valence-electron chi connectivity index (χ3n) is 7.23. The Labute approximate surface area is 225 Å². The molecule has 0 radical (unpaired) electrons. The van der Waals surface area contributed by atoms with Crippen LogP contribution >= 0.6 is 0 Å². The van der Waals surface area contributed by atoms with Crippen LogP contribution in [0.1, 0.15) is 51.9 Å². The summed E-state index contributed by atoms with van der Waals surface area (Å²) in [6, 6.07) is 10.6. The lowest BCUT2D eigenvalue weighted by Crippen LogP contribution is -2.46. The highest BCUT2D eigenvalue weighted by molar-refractivity contribution is 6.04. The number of benzene rings is 2. The lowest BCUT2D eigenvalue weighted by molar-refractivity contribution is -0.132. The van der Waals surface area contributed by atoms with Gasteiger partial charge >= 0.3 is 6.09 Å². The molecule has 2 aromatic carbocycles. The first-order valence-corrected chi connectivity index (χ1v) is 13.1. The summed E-state index contributed by atoms with van der Waals surface area (Å²) in [7, 11) is 0. The molecule has 2 atom stereocenters. The summed E-state index contributed by atoms with van der Waals surface area (Å²) in [6.45, 7) is 2.64. The topological polar surface area (TPSA) is 149 Å². The maximum Gasteiger partial charge on any atom is 0.404 e. The van der Waals surface area contributed by atoms with Crippen molar-refractivity contribution in [2.24, 2.45) is 5.73 Å². The number of primary amides is 1. The van der Waals surface area contributed by atoms with E-state index in [1.807, 2.05) is 24.3 Å². The number of rotatable bonds is 8. The standard InChI is InChI=1S/C28H32N4O7/c29-28(36)39-16-19-8-9-21-22(14-32(27(21)35)23-2-1-3-24(33)31-26(23)34)25(19)38-15-18-6-4-17(5-7-18)12-20-13-30-10-11-37-20/h4-9,20,23,30H,1-3,10-16H2,(H2,29,36)(H,31,33,34). The van der Waals surface area contributed by atoms with E-state index >= 15 is 0 Å². The van der Waals surface area contributed by atoms with Gasteiger partial charge in [-0.05, 0) is 36.5 Å². The van der Waals surface area contributed by atoms with Crippen LogP contribution < -0.4 is 21.1 Å². The van der Waals surface area contributed by atoms with Gasteiger partial charge in [-0.3, -0.25) is 19.7 Å². The number of hydrogen-bond acceptors (Lipinski definition) is 8. The van der Waals surface area contributed by atoms with E-state index in [2.05, 4.69) is 10.6 Å². The summed E-state index contributed by atoms with van der Waals surface area (Å²) < 4.78 is 17.1. The first-order valence-electron chi connectivity index (χ1n) is 13.1. The van der Waals surface area contributed by atoms with Gasteiger partial charge in [0, 0.05) is 36.2 Å². The molecule has 3 heterocycles. The van der Waals surface area contributed by atoms with E-state index in [9.17, 15) is 19.2 Å². The van der Waals surface area contributed by atoms with Crippen LogP contribution in [0.2, 0.25) is 0 Å². The monoisotopic (exact) mass is 536 g/mol. The van der Waals surface area contributed by atoms with Crippen molar-refractivity contribution in [3.05, 3.63) is 64.2 Å². The SMILES string of the molecule is NC(=O)OCc1ccc2c(c1OCc1ccc(CC3CNCCO3)cc1)CN(C1CCCC(=O)NC1=O)C2=O. The fourth-order valence-corrected chi connectivity index (χ4v) is 5.23. The summed E-state index contributed by atoms with van der Waals surface area (Å²) in [5.74, 6) is -0.709. The number of carbonyl (C=O) groups excluding carboxylic acids is 4. The van der Waals surface area contributed by atoms with Gasteiger partial charge in [0.15, 0.2) is 0 Å². The fourth-order valence-electron chi connectivity index (χ4n) is 5.23. The predicted molar refractivity (Wildman–Crippen MR) is 139 cm³/mol. The van der Waals surface area contributed by atoms with Crippen LogP contribution in [-0.4, -0.2) is 60.6 Å². The van der Waals surface area contributed by atoms with E-state index < -0.39 is 18.0 Å². The van der Waals surface area contributed by atoms with Crippen molar-refractivity contribution in [3.8, 4) is 5.75 Å². The number of hydrogen-bond donors (Lipinski definition) is 3. The van der Waals surface area contributed by atoms with Crippen molar-refractivity contribution in [1.29, 1.82) is 0 Å². The van der Waals surface area contributed by atoms with Gasteiger partial charge < -0.3 is 30.2 Å². The molecule has 206 valence electrons. The van der Waals surface area contributed by atoms with Crippen LogP contribution in [-0.2, 0) is 45.2 Å². The molecule has 39 heavy (non-hydrogen) atoms. The van der Waals surface area contributed by atoms with Crippen LogP contribution in [0.5, 0.6) is 5.75 Å². The number of amides is 4. The number of carbonyl (C=O) groups is 4. The van der Waals surface area contributed by atoms with E-state index in [-0.39, 0.29) is 44.1 Å². The third-order valence-corrected chi connectivity index (χ3v) is 7.23. The molecule has 2 fully saturated rings. The Balaban J connectivity index is 1.34. The van der Waals surface area contributed by atoms with Gasteiger partial charge in [0.1, 0.15) is 25.0 Å². The van der Waals surface area contributed by atoms with Crippen LogP contribution in [0.15, 0.2) is 36.4 Å². The van der Waals surface area contributed by atoms with Crippen LogP contribution in [0.4, 0.5) is 4.79 Å². The average molecular weight is 537 g/mol. The fraction of sp³-hybridized carbons (Fsp3) is 0.429. The summed E-state index contributed by atoms with van der Waals surface area (Å²) in [5.41, 5.74) is 8.83. The summed E-state index contributed by atoms with van der Waals surface area (Å²) in [4.78, 5) is 50.6. The molecule has 0 aromatic heterocycles. The number of nitrogens with zero attached hydrogens (tertiary/aromatic N) is 1. The highest BCUT2D eigenvalue weighted by Crippen LogP contribution is 2.37. The smallest absolute Gasteiger partial charge is 0.404 e. The largest absolute Gasteiger partial charge is 0.488 e. The lowest BCUT2D eigenvalue weighted by Gasteiger charge is -2.25. The number of nitrogens with one attached hydrogen (secondary N) is 2. The second-order valence-electron chi connectivity index (χ2n) is 9.95. The molecule has 4 amide bonds. The highest BCUT2D eigenvalue weighted by Gasteiger charge is 2.39. The minimum Gasteiger partial charge on any atom is -0.488 e. The third kappa shape index (κ3) is 6.21. The van der Waals surface area contributed by atoms with Crippen LogP contribution in [0.25, 0.3) is 0 Å². The van der Waals surface area contributed by atoms with Crippen molar-refractivity contribution in [2.75, 3.05) is 19.7 Å². The molecule has 0 saturated carbocycles. The van der Waals surface area contributed by atoms with E-state index in [0.717, 1.165) is 30.6 Å². The number of fused-ring (bicyclic) bond motifs is 1. The van der Waals surface area contributed by atoms with Crippen molar-refractivity contribution in [2.45, 2.75) is 57.6 Å². The van der Waals surface area contributed by atoms with E-state index in [1.165, 1.54) is 4.90 Å². The maximum atomic E-state index is 13.3. The van der Waals surface area contributed by atoms with Crippen molar-refractivity contribution < 1.29 is 33.4 Å². The molecular weight excluding hydrogens is 504 g/mol. The van der Waals surface area contributed by atoms with E-state index in [0.29, 0.717) is 41.9 Å². The zero-order valence-corrected chi connectivity index (χ0v) is 21.6. The first kappa shape index (κ1) is 26.6. The molecule has 0 spiro atoms. The van der Waals surface area contributed by atoms with Gasteiger partial charge in [-0.2, -0.15) is 0 Å². The molecule has 4 N–H and O–H groups in total. The Morgan fingerprint density at radius 3 is 2.62 bits per heavy atom. The average Bonchev–Trinajstić information content (AvgIpc) is 3.15. The van der Waals surface area contributed by atoms with E-state index in [1.54, 1.807) is 12.1 Å². The first-order chi connectivity index (χ1) is 18.9. The molecule has 11 heteroatoms. The predicted octanol–water partition coefficient (Wildman–Crippen LogP) is 1.54. The number of morpholine rings is 1. The second-order valence-corrected chi connectivity index (χ2v) is 9.95. The summed E-state index contributed by atoms with van der Waals surface area (Å²) >= 11 is 0. The molecule has 11 nitrogen and oxygen atoms in total. The minimum atomic E-state index is -0.924. The van der Waals surface area contributed by atoms with Gasteiger partial charge in [-0.1, -0.05) is 30.3 Å². The van der Waals surface area contributed by atoms with Gasteiger partial charge in [0.25, 0.3) is 5.91 Å². The Hall–Kier alpha value is -3.96. The van der Waals surface area contributed by atoms with Crippen molar-refractivity contribution in [1.82, 2.24) is 15.5 Å². The molecule has 0 aliphatic carbocycles. The van der Waals surface area contributed by atoms with Crippen molar-refractivity contribution >= 4 is 23.8 Å². The molecule has 3 aliphatic heterocycles. The number of ether oxygens (including phenoxy) is 3. The zero-order valence-electron chi connectivity index (χ0n) is 21.6. The highest BCUT2D eigenvalue weighted by atomic mass is 16.5. The quantitative estimate of drug-likeness (QED) is 0.430. The number of nitrogens with two attached hydrogens (primary N) is 1. The van der Waals surface area contributed by atoms with Crippen LogP contribution in [0.3, 0.4) is 0 Å². The molecule has 2 aromatic rings. The number of imide groups is 1. The Bertz CT molecular complexity index is 1260. The maximum absolute atomic E-state index is 13.3. The molecule has 3 aliphatic rings. The van der Waals surface area contributed by atoms with Crippen molar-refractivity contribution in [3.63, 3.8) is 0 Å². The lowest BCUT2D eigenvalue weighted by atomic mass is 10.0. The van der Waals surface area contributed by atoms with Gasteiger partial charge in [0.05, 0.1) is 19.3 Å². The van der Waals surface area contributed by atoms with E-state index in [4.69, 9.17) is 19.9 Å². The molecule has 2 saturated heterocycles. The normalized spacial score (nSPS) is 21.2. The molecule has 0 bridgehead atoms.